The van der Waals surface area contributed by atoms with Gasteiger partial charge in [0.25, 0.3) is 0 Å². The van der Waals surface area contributed by atoms with Crippen molar-refractivity contribution >= 4 is 17.5 Å². The molecule has 1 unspecified atom stereocenters. The van der Waals surface area contributed by atoms with Crippen LogP contribution in [0.1, 0.15) is 34.0 Å². The summed E-state index contributed by atoms with van der Waals surface area (Å²) in [6.45, 7) is 1.81. The predicted molar refractivity (Wildman–Crippen MR) is 95.0 cm³/mol. The molecule has 0 saturated carbocycles. The van der Waals surface area contributed by atoms with Gasteiger partial charge in [-0.2, -0.15) is 5.10 Å². The Morgan fingerprint density at radius 2 is 1.85 bits per heavy atom. The van der Waals surface area contributed by atoms with Crippen LogP contribution in [0, 0.1) is 12.7 Å². The summed E-state index contributed by atoms with van der Waals surface area (Å²) >= 11 is 0. The van der Waals surface area contributed by atoms with Gasteiger partial charge in [0.2, 0.25) is 5.91 Å². The van der Waals surface area contributed by atoms with Gasteiger partial charge >= 0.3 is 0 Å². The van der Waals surface area contributed by atoms with Crippen molar-refractivity contribution in [1.82, 2.24) is 9.78 Å². The lowest BCUT2D eigenvalue weighted by Gasteiger charge is -2.23. The maximum Gasteiger partial charge on any atom is 0.226 e. The van der Waals surface area contributed by atoms with Crippen LogP contribution < -0.4 is 5.32 Å². The number of hydrogen-bond donors (Lipinski definition) is 1. The van der Waals surface area contributed by atoms with Crippen molar-refractivity contribution in [3.8, 4) is 5.69 Å². The van der Waals surface area contributed by atoms with Gasteiger partial charge in [-0.25, -0.2) is 9.07 Å². The Bertz CT molecular complexity index is 994. The quantitative estimate of drug-likeness (QED) is 0.735. The lowest BCUT2D eigenvalue weighted by Crippen LogP contribution is -2.28. The number of benzene rings is 2. The first kappa shape index (κ1) is 16.2. The third kappa shape index (κ3) is 2.69. The van der Waals surface area contributed by atoms with Crippen LogP contribution in [-0.4, -0.2) is 21.5 Å². The topological polar surface area (TPSA) is 64.0 Å². The number of aryl methyl sites for hydroxylation is 1. The van der Waals surface area contributed by atoms with Gasteiger partial charge < -0.3 is 5.32 Å². The predicted octanol–water partition coefficient (Wildman–Crippen LogP) is 3.63. The zero-order valence-electron chi connectivity index (χ0n) is 14.1. The molecule has 0 saturated heterocycles. The van der Waals surface area contributed by atoms with E-state index in [2.05, 4.69) is 10.4 Å². The highest BCUT2D eigenvalue weighted by atomic mass is 19.1. The molecule has 1 aromatic heterocycles. The van der Waals surface area contributed by atoms with Crippen LogP contribution in [0.25, 0.3) is 5.69 Å². The van der Waals surface area contributed by atoms with E-state index in [4.69, 9.17) is 0 Å². The molecular weight excluding hydrogens is 333 g/mol. The molecule has 0 bridgehead atoms. The standard InChI is InChI=1S/C20H16FN3O2/c1-12-18-16(19(26)13-5-3-2-4-6-13)11-17(25)22-20(18)24(23-12)15-9-7-14(21)8-10-15/h2-10,16H,11H2,1H3,(H,22,25). The van der Waals surface area contributed by atoms with Crippen molar-refractivity contribution in [2.75, 3.05) is 5.32 Å². The minimum absolute atomic E-state index is 0.0800. The van der Waals surface area contributed by atoms with Gasteiger partial charge in [-0.3, -0.25) is 9.59 Å². The minimum Gasteiger partial charge on any atom is -0.310 e. The molecule has 1 aliphatic rings. The number of halogens is 1. The fraction of sp³-hybridized carbons (Fsp3) is 0.150. The minimum atomic E-state index is -0.588. The third-order valence-electron chi connectivity index (χ3n) is 4.55. The monoisotopic (exact) mass is 349 g/mol. The Morgan fingerprint density at radius 3 is 2.54 bits per heavy atom. The summed E-state index contributed by atoms with van der Waals surface area (Å²) < 4.78 is 14.8. The van der Waals surface area contributed by atoms with E-state index in [1.807, 2.05) is 13.0 Å². The molecule has 2 aromatic carbocycles. The number of nitrogens with zero attached hydrogens (tertiary/aromatic N) is 2. The van der Waals surface area contributed by atoms with Crippen LogP contribution in [0.3, 0.4) is 0 Å². The van der Waals surface area contributed by atoms with Crippen molar-refractivity contribution in [3.63, 3.8) is 0 Å². The number of nitrogens with one attached hydrogen (secondary N) is 1. The Balaban J connectivity index is 1.82. The number of rotatable bonds is 3. The molecule has 130 valence electrons. The summed E-state index contributed by atoms with van der Waals surface area (Å²) in [6, 6.07) is 14.7. The number of carbonyl (C=O) groups excluding carboxylic acids is 2. The average Bonchev–Trinajstić information content (AvgIpc) is 2.98. The second-order valence-corrected chi connectivity index (χ2v) is 6.27. The molecule has 2 heterocycles. The van der Waals surface area contributed by atoms with Crippen molar-refractivity contribution in [3.05, 3.63) is 77.2 Å². The first-order chi connectivity index (χ1) is 12.5. The van der Waals surface area contributed by atoms with Crippen molar-refractivity contribution in [2.45, 2.75) is 19.3 Å². The SMILES string of the molecule is Cc1nn(-c2ccc(F)cc2)c2c1C(C(=O)c1ccccc1)CC(=O)N2. The van der Waals surface area contributed by atoms with E-state index < -0.39 is 5.92 Å². The highest BCUT2D eigenvalue weighted by Gasteiger charge is 2.36. The van der Waals surface area contributed by atoms with Crippen LogP contribution in [0.5, 0.6) is 0 Å². The molecular formula is C20H16FN3O2. The number of carbonyl (C=O) groups is 2. The van der Waals surface area contributed by atoms with Crippen molar-refractivity contribution in [1.29, 1.82) is 0 Å². The summed E-state index contributed by atoms with van der Waals surface area (Å²) in [5, 5.41) is 7.29. The van der Waals surface area contributed by atoms with E-state index in [0.717, 1.165) is 0 Å². The molecule has 3 aromatic rings. The van der Waals surface area contributed by atoms with Gasteiger partial charge in [0.05, 0.1) is 17.3 Å². The summed E-state index contributed by atoms with van der Waals surface area (Å²) in [6.07, 6.45) is 0.0800. The number of amides is 1. The van der Waals surface area contributed by atoms with Crippen LogP contribution in [0.4, 0.5) is 10.2 Å². The number of ketones is 1. The highest BCUT2D eigenvalue weighted by molar-refractivity contribution is 6.07. The van der Waals surface area contributed by atoms with Crippen LogP contribution >= 0.6 is 0 Å². The summed E-state index contributed by atoms with van der Waals surface area (Å²) in [7, 11) is 0. The van der Waals surface area contributed by atoms with E-state index in [-0.39, 0.29) is 23.9 Å². The van der Waals surface area contributed by atoms with E-state index in [9.17, 15) is 14.0 Å². The second kappa shape index (κ2) is 6.22. The smallest absolute Gasteiger partial charge is 0.226 e. The highest BCUT2D eigenvalue weighted by Crippen LogP contribution is 2.38. The van der Waals surface area contributed by atoms with Gasteiger partial charge in [0, 0.05) is 17.5 Å². The molecule has 4 rings (SSSR count). The first-order valence-electron chi connectivity index (χ1n) is 8.29. The first-order valence-corrected chi connectivity index (χ1v) is 8.29. The maximum atomic E-state index is 13.2. The molecule has 1 aliphatic heterocycles. The lowest BCUT2D eigenvalue weighted by atomic mass is 9.85. The molecule has 6 heteroatoms. The van der Waals surface area contributed by atoms with Gasteiger partial charge in [0.15, 0.2) is 5.78 Å². The molecule has 0 spiro atoms. The molecule has 0 radical (unpaired) electrons. The normalized spacial score (nSPS) is 16.1. The molecule has 1 amide bonds. The summed E-state index contributed by atoms with van der Waals surface area (Å²) in [4.78, 5) is 25.2. The fourth-order valence-electron chi connectivity index (χ4n) is 3.34. The molecule has 5 nitrogen and oxygen atoms in total. The Morgan fingerprint density at radius 1 is 1.15 bits per heavy atom. The largest absolute Gasteiger partial charge is 0.310 e. The number of hydrogen-bond acceptors (Lipinski definition) is 3. The van der Waals surface area contributed by atoms with Crippen molar-refractivity contribution in [2.24, 2.45) is 0 Å². The maximum absolute atomic E-state index is 13.2. The number of anilines is 1. The number of fused-ring (bicyclic) bond motifs is 1. The van der Waals surface area contributed by atoms with Gasteiger partial charge in [-0.05, 0) is 31.2 Å². The second-order valence-electron chi connectivity index (χ2n) is 6.27. The third-order valence-corrected chi connectivity index (χ3v) is 4.55. The summed E-state index contributed by atoms with van der Waals surface area (Å²) in [5.41, 5.74) is 2.55. The van der Waals surface area contributed by atoms with Gasteiger partial charge in [-0.15, -0.1) is 0 Å². The zero-order chi connectivity index (χ0) is 18.3. The lowest BCUT2D eigenvalue weighted by molar-refractivity contribution is -0.116. The molecule has 0 fully saturated rings. The molecule has 0 aliphatic carbocycles. The van der Waals surface area contributed by atoms with E-state index in [0.29, 0.717) is 28.3 Å². The van der Waals surface area contributed by atoms with Crippen LogP contribution in [0.15, 0.2) is 54.6 Å². The summed E-state index contributed by atoms with van der Waals surface area (Å²) in [5.74, 6) is -0.818. The Hall–Kier alpha value is -3.28. The molecule has 26 heavy (non-hydrogen) atoms. The van der Waals surface area contributed by atoms with Gasteiger partial charge in [0.1, 0.15) is 11.6 Å². The van der Waals surface area contributed by atoms with Crippen LogP contribution in [-0.2, 0) is 4.79 Å². The van der Waals surface area contributed by atoms with Crippen molar-refractivity contribution < 1.29 is 14.0 Å². The number of aromatic nitrogens is 2. The zero-order valence-corrected chi connectivity index (χ0v) is 14.1. The van der Waals surface area contributed by atoms with E-state index in [1.165, 1.54) is 12.1 Å². The molecule has 1 N–H and O–H groups in total. The fourth-order valence-corrected chi connectivity index (χ4v) is 3.34. The van der Waals surface area contributed by atoms with Crippen LogP contribution in [0.2, 0.25) is 0 Å². The number of Topliss-reactive ketones (excluding diaryl/α,β-unsaturated/α-hetero) is 1. The van der Waals surface area contributed by atoms with E-state index >= 15 is 0 Å². The Kier molecular flexibility index (Phi) is 3.88. The van der Waals surface area contributed by atoms with E-state index in [1.54, 1.807) is 41.1 Å². The van der Waals surface area contributed by atoms with Gasteiger partial charge in [-0.1, -0.05) is 30.3 Å². The Labute approximate surface area is 149 Å². The average molecular weight is 349 g/mol. The molecule has 1 atom stereocenters.